The molecule has 1 saturated heterocycles. The Morgan fingerprint density at radius 2 is 2.32 bits per heavy atom. The highest BCUT2D eigenvalue weighted by molar-refractivity contribution is 9.10. The predicted octanol–water partition coefficient (Wildman–Crippen LogP) is 3.98. The van der Waals surface area contributed by atoms with E-state index in [9.17, 15) is 4.79 Å². The number of ether oxygens (including phenoxy) is 1. The van der Waals surface area contributed by atoms with E-state index in [4.69, 9.17) is 4.74 Å². The van der Waals surface area contributed by atoms with Crippen molar-refractivity contribution < 1.29 is 9.53 Å². The molecule has 19 heavy (non-hydrogen) atoms. The van der Waals surface area contributed by atoms with Gasteiger partial charge >= 0.3 is 0 Å². The second kappa shape index (κ2) is 6.37. The zero-order valence-corrected chi connectivity index (χ0v) is 13.8. The molecule has 1 unspecified atom stereocenters. The van der Waals surface area contributed by atoms with Crippen molar-refractivity contribution in [2.45, 2.75) is 51.2 Å². The summed E-state index contributed by atoms with van der Waals surface area (Å²) in [6.45, 7) is 5.05. The van der Waals surface area contributed by atoms with Crippen LogP contribution < -0.4 is 5.32 Å². The molecule has 2 rings (SSSR count). The van der Waals surface area contributed by atoms with Crippen molar-refractivity contribution >= 4 is 33.2 Å². The van der Waals surface area contributed by atoms with Crippen LogP contribution in [-0.2, 0) is 4.74 Å². The van der Waals surface area contributed by atoms with Crippen molar-refractivity contribution in [3.05, 3.63) is 20.8 Å². The minimum Gasteiger partial charge on any atom is -0.375 e. The molecular formula is C14H20BrNO2S. The van der Waals surface area contributed by atoms with Gasteiger partial charge in [-0.1, -0.05) is 13.8 Å². The largest absolute Gasteiger partial charge is 0.375 e. The van der Waals surface area contributed by atoms with E-state index in [-0.39, 0.29) is 17.6 Å². The van der Waals surface area contributed by atoms with E-state index in [0.717, 1.165) is 41.6 Å². The number of thiophene rings is 1. The minimum atomic E-state index is -0.0527. The number of amides is 1. The molecule has 1 amide bonds. The quantitative estimate of drug-likeness (QED) is 0.896. The van der Waals surface area contributed by atoms with Crippen molar-refractivity contribution in [1.29, 1.82) is 0 Å². The lowest BCUT2D eigenvalue weighted by atomic mass is 9.86. The van der Waals surface area contributed by atoms with Gasteiger partial charge in [-0.25, -0.2) is 0 Å². The van der Waals surface area contributed by atoms with Crippen molar-refractivity contribution in [3.63, 3.8) is 0 Å². The van der Waals surface area contributed by atoms with Crippen LogP contribution in [-0.4, -0.2) is 24.2 Å². The van der Waals surface area contributed by atoms with Crippen molar-refractivity contribution in [2.24, 2.45) is 0 Å². The normalized spacial score (nSPS) is 22.2. The molecule has 1 aliphatic rings. The molecule has 106 valence electrons. The average Bonchev–Trinajstić information content (AvgIpc) is 2.85. The SMILES string of the molecule is CCC1(CC)CC(NC(=O)c2sccc2Br)CCO1. The number of nitrogens with one attached hydrogen (secondary N) is 1. The number of carbonyl (C=O) groups excluding carboxylic acids is 1. The molecule has 3 nitrogen and oxygen atoms in total. The molecule has 0 spiro atoms. The molecule has 2 heterocycles. The Balaban J connectivity index is 2.00. The molecule has 0 aromatic carbocycles. The summed E-state index contributed by atoms with van der Waals surface area (Å²) < 4.78 is 6.81. The van der Waals surface area contributed by atoms with Crippen LogP contribution in [0.5, 0.6) is 0 Å². The molecule has 0 aliphatic carbocycles. The maximum Gasteiger partial charge on any atom is 0.262 e. The number of hydrogen-bond donors (Lipinski definition) is 1. The monoisotopic (exact) mass is 345 g/mol. The fourth-order valence-corrected chi connectivity index (χ4v) is 4.05. The summed E-state index contributed by atoms with van der Waals surface area (Å²) in [6, 6.07) is 2.13. The van der Waals surface area contributed by atoms with Gasteiger partial charge in [0.2, 0.25) is 0 Å². The highest BCUT2D eigenvalue weighted by atomic mass is 79.9. The standard InChI is InChI=1S/C14H20BrNO2S/c1-3-14(4-2)9-10(5-7-18-14)16-13(17)12-11(15)6-8-19-12/h6,8,10H,3-5,7,9H2,1-2H3,(H,16,17). The first-order chi connectivity index (χ1) is 9.10. The van der Waals surface area contributed by atoms with Gasteiger partial charge in [0, 0.05) is 17.1 Å². The molecule has 1 atom stereocenters. The van der Waals surface area contributed by atoms with E-state index in [1.165, 1.54) is 11.3 Å². The molecule has 1 fully saturated rings. The van der Waals surface area contributed by atoms with Gasteiger partial charge < -0.3 is 10.1 Å². The van der Waals surface area contributed by atoms with Gasteiger partial charge in [0.15, 0.2) is 0 Å². The summed E-state index contributed by atoms with van der Waals surface area (Å²) in [5, 5.41) is 5.07. The van der Waals surface area contributed by atoms with E-state index < -0.39 is 0 Å². The molecule has 0 bridgehead atoms. The maximum atomic E-state index is 12.2. The predicted molar refractivity (Wildman–Crippen MR) is 81.8 cm³/mol. The van der Waals surface area contributed by atoms with Crippen molar-refractivity contribution in [2.75, 3.05) is 6.61 Å². The lowest BCUT2D eigenvalue weighted by Gasteiger charge is -2.40. The van der Waals surface area contributed by atoms with E-state index in [2.05, 4.69) is 35.1 Å². The lowest BCUT2D eigenvalue weighted by molar-refractivity contribution is -0.0917. The van der Waals surface area contributed by atoms with E-state index >= 15 is 0 Å². The Labute approximate surface area is 126 Å². The first-order valence-corrected chi connectivity index (χ1v) is 8.45. The summed E-state index contributed by atoms with van der Waals surface area (Å²) in [5.41, 5.74) is -0.0527. The van der Waals surface area contributed by atoms with Crippen molar-refractivity contribution in [3.8, 4) is 0 Å². The highest BCUT2D eigenvalue weighted by Crippen LogP contribution is 2.32. The third-order valence-electron chi connectivity index (χ3n) is 3.94. The van der Waals surface area contributed by atoms with Crippen LogP contribution in [0, 0.1) is 0 Å². The smallest absolute Gasteiger partial charge is 0.262 e. The van der Waals surface area contributed by atoms with E-state index in [1.54, 1.807) is 0 Å². The fourth-order valence-electron chi connectivity index (χ4n) is 2.60. The molecule has 1 aromatic rings. The summed E-state index contributed by atoms with van der Waals surface area (Å²) in [7, 11) is 0. The van der Waals surface area contributed by atoms with Gasteiger partial charge in [-0.3, -0.25) is 4.79 Å². The first-order valence-electron chi connectivity index (χ1n) is 6.78. The Kier molecular flexibility index (Phi) is 5.03. The Bertz CT molecular complexity index is 442. The maximum absolute atomic E-state index is 12.2. The molecular weight excluding hydrogens is 326 g/mol. The molecule has 1 aliphatic heterocycles. The third kappa shape index (κ3) is 3.38. The van der Waals surface area contributed by atoms with Gasteiger partial charge in [0.05, 0.1) is 5.60 Å². The Hall–Kier alpha value is -0.390. The number of halogens is 1. The fraction of sp³-hybridized carbons (Fsp3) is 0.643. The van der Waals surface area contributed by atoms with E-state index in [1.807, 2.05) is 11.4 Å². The van der Waals surface area contributed by atoms with Crippen LogP contribution in [0.1, 0.15) is 49.2 Å². The van der Waals surface area contributed by atoms with Gasteiger partial charge in [0.25, 0.3) is 5.91 Å². The number of carbonyl (C=O) groups is 1. The second-order valence-electron chi connectivity index (χ2n) is 5.00. The summed E-state index contributed by atoms with van der Waals surface area (Å²) in [4.78, 5) is 13.0. The molecule has 5 heteroatoms. The molecule has 0 radical (unpaired) electrons. The summed E-state index contributed by atoms with van der Waals surface area (Å²) >= 11 is 4.87. The molecule has 0 saturated carbocycles. The van der Waals surface area contributed by atoms with E-state index in [0.29, 0.717) is 0 Å². The van der Waals surface area contributed by atoms with Crippen molar-refractivity contribution in [1.82, 2.24) is 5.32 Å². The van der Waals surface area contributed by atoms with Gasteiger partial charge in [-0.05, 0) is 53.1 Å². The molecule has 1 N–H and O–H groups in total. The van der Waals surface area contributed by atoms with Crippen LogP contribution in [0.3, 0.4) is 0 Å². The van der Waals surface area contributed by atoms with Crippen LogP contribution >= 0.6 is 27.3 Å². The highest BCUT2D eigenvalue weighted by Gasteiger charge is 2.35. The second-order valence-corrected chi connectivity index (χ2v) is 6.77. The van der Waals surface area contributed by atoms with Crippen LogP contribution in [0.4, 0.5) is 0 Å². The summed E-state index contributed by atoms with van der Waals surface area (Å²) in [6.07, 6.45) is 3.81. The number of rotatable bonds is 4. The average molecular weight is 346 g/mol. The Morgan fingerprint density at radius 3 is 2.89 bits per heavy atom. The van der Waals surface area contributed by atoms with Gasteiger partial charge in [0.1, 0.15) is 4.88 Å². The van der Waals surface area contributed by atoms with Gasteiger partial charge in [-0.15, -0.1) is 11.3 Å². The zero-order chi connectivity index (χ0) is 13.9. The van der Waals surface area contributed by atoms with Crippen LogP contribution in [0.25, 0.3) is 0 Å². The number of hydrogen-bond acceptors (Lipinski definition) is 3. The third-order valence-corrected chi connectivity index (χ3v) is 5.78. The Morgan fingerprint density at radius 1 is 1.58 bits per heavy atom. The topological polar surface area (TPSA) is 38.3 Å². The lowest BCUT2D eigenvalue weighted by Crippen LogP contribution is -2.48. The minimum absolute atomic E-state index is 0.0230. The van der Waals surface area contributed by atoms with Gasteiger partial charge in [-0.2, -0.15) is 0 Å². The zero-order valence-electron chi connectivity index (χ0n) is 11.4. The van der Waals surface area contributed by atoms with Crippen LogP contribution in [0.2, 0.25) is 0 Å². The molecule has 1 aromatic heterocycles. The summed E-state index contributed by atoms with van der Waals surface area (Å²) in [5.74, 6) is 0.0230. The van der Waals surface area contributed by atoms with Crippen LogP contribution in [0.15, 0.2) is 15.9 Å². The first kappa shape index (κ1) is 15.0.